The van der Waals surface area contributed by atoms with Gasteiger partial charge in [-0.15, -0.1) is 0 Å². The summed E-state index contributed by atoms with van der Waals surface area (Å²) in [6.45, 7) is 4.71. The summed E-state index contributed by atoms with van der Waals surface area (Å²) >= 11 is 0. The highest BCUT2D eigenvalue weighted by Crippen LogP contribution is 2.16. The summed E-state index contributed by atoms with van der Waals surface area (Å²) in [6, 6.07) is 0.0205. The fourth-order valence-electron chi connectivity index (χ4n) is 1.86. The first-order valence-electron chi connectivity index (χ1n) is 4.54. The van der Waals surface area contributed by atoms with Crippen LogP contribution in [-0.2, 0) is 4.74 Å². The van der Waals surface area contributed by atoms with E-state index in [1.807, 2.05) is 0 Å². The Morgan fingerprint density at radius 3 is 2.58 bits per heavy atom. The second-order valence-corrected chi connectivity index (χ2v) is 3.41. The van der Waals surface area contributed by atoms with E-state index in [1.54, 1.807) is 0 Å². The zero-order valence-corrected chi connectivity index (χ0v) is 7.13. The molecule has 2 aliphatic rings. The van der Waals surface area contributed by atoms with Crippen molar-refractivity contribution in [2.45, 2.75) is 12.2 Å². The minimum atomic E-state index is -0.775. The molecule has 4 heteroatoms. The number of nitrogens with one attached hydrogen (secondary N) is 1. The van der Waals surface area contributed by atoms with Crippen molar-refractivity contribution in [3.63, 3.8) is 0 Å². The highest BCUT2D eigenvalue weighted by atomic mass is 19.1. The van der Waals surface area contributed by atoms with Gasteiger partial charge in [0.2, 0.25) is 0 Å². The van der Waals surface area contributed by atoms with Crippen molar-refractivity contribution >= 4 is 0 Å². The molecule has 0 aromatic rings. The maximum atomic E-state index is 13.2. The lowest BCUT2D eigenvalue weighted by Gasteiger charge is -2.32. The number of piperazine rings is 1. The Morgan fingerprint density at radius 2 is 2.00 bits per heavy atom. The maximum absolute atomic E-state index is 13.2. The lowest BCUT2D eigenvalue weighted by molar-refractivity contribution is 0.120. The van der Waals surface area contributed by atoms with Crippen LogP contribution in [0.4, 0.5) is 4.39 Å². The molecule has 0 bridgehead atoms. The molecule has 0 amide bonds. The minimum Gasteiger partial charge on any atom is -0.377 e. The van der Waals surface area contributed by atoms with E-state index >= 15 is 0 Å². The molecule has 2 fully saturated rings. The monoisotopic (exact) mass is 174 g/mol. The average Bonchev–Trinajstić information content (AvgIpc) is 2.53. The van der Waals surface area contributed by atoms with Gasteiger partial charge in [-0.05, 0) is 0 Å². The molecule has 70 valence electrons. The zero-order valence-electron chi connectivity index (χ0n) is 7.13. The minimum absolute atomic E-state index is 0.0205. The van der Waals surface area contributed by atoms with Gasteiger partial charge in [0.1, 0.15) is 6.17 Å². The first-order valence-corrected chi connectivity index (χ1v) is 4.54. The number of hydrogen-bond acceptors (Lipinski definition) is 3. The van der Waals surface area contributed by atoms with E-state index < -0.39 is 6.17 Å². The second kappa shape index (κ2) is 3.68. The molecule has 2 heterocycles. The zero-order chi connectivity index (χ0) is 8.39. The Hall–Kier alpha value is -0.190. The van der Waals surface area contributed by atoms with Crippen molar-refractivity contribution in [3.05, 3.63) is 0 Å². The van der Waals surface area contributed by atoms with Crippen LogP contribution in [0, 0.1) is 0 Å². The third-order valence-electron chi connectivity index (χ3n) is 2.60. The smallest absolute Gasteiger partial charge is 0.141 e. The van der Waals surface area contributed by atoms with Crippen LogP contribution in [-0.4, -0.2) is 56.5 Å². The van der Waals surface area contributed by atoms with E-state index in [-0.39, 0.29) is 12.6 Å². The van der Waals surface area contributed by atoms with Crippen molar-refractivity contribution < 1.29 is 9.13 Å². The first kappa shape index (κ1) is 8.41. The van der Waals surface area contributed by atoms with Crippen LogP contribution in [0.15, 0.2) is 0 Å². The van der Waals surface area contributed by atoms with Crippen molar-refractivity contribution in [3.8, 4) is 0 Å². The Bertz CT molecular complexity index is 150. The summed E-state index contributed by atoms with van der Waals surface area (Å²) in [4.78, 5) is 2.19. The molecule has 0 unspecified atom stereocenters. The summed E-state index contributed by atoms with van der Waals surface area (Å²) < 4.78 is 18.3. The van der Waals surface area contributed by atoms with Gasteiger partial charge in [-0.1, -0.05) is 0 Å². The maximum Gasteiger partial charge on any atom is 0.141 e. The van der Waals surface area contributed by atoms with Crippen LogP contribution in [0.1, 0.15) is 0 Å². The molecule has 0 saturated carbocycles. The van der Waals surface area contributed by atoms with Crippen LogP contribution in [0.3, 0.4) is 0 Å². The summed E-state index contributed by atoms with van der Waals surface area (Å²) in [5, 5.41) is 3.25. The third kappa shape index (κ3) is 1.60. The molecular formula is C8H15FN2O. The van der Waals surface area contributed by atoms with Crippen LogP contribution in [0.25, 0.3) is 0 Å². The molecule has 3 nitrogen and oxygen atoms in total. The molecule has 0 aliphatic carbocycles. The van der Waals surface area contributed by atoms with E-state index in [4.69, 9.17) is 4.74 Å². The topological polar surface area (TPSA) is 24.5 Å². The van der Waals surface area contributed by atoms with Crippen molar-refractivity contribution in [1.29, 1.82) is 0 Å². The van der Waals surface area contributed by atoms with Crippen LogP contribution in [0.2, 0.25) is 0 Å². The van der Waals surface area contributed by atoms with Gasteiger partial charge in [0.05, 0.1) is 19.3 Å². The lowest BCUT2D eigenvalue weighted by Crippen LogP contribution is -2.51. The Kier molecular flexibility index (Phi) is 2.58. The fourth-order valence-corrected chi connectivity index (χ4v) is 1.86. The Balaban J connectivity index is 1.89. The van der Waals surface area contributed by atoms with Gasteiger partial charge in [0, 0.05) is 26.2 Å². The molecule has 2 saturated heterocycles. The van der Waals surface area contributed by atoms with Gasteiger partial charge in [0.25, 0.3) is 0 Å². The van der Waals surface area contributed by atoms with E-state index in [0.29, 0.717) is 6.61 Å². The SMILES string of the molecule is F[C@@H]1COC[C@H]1N1CCNCC1. The summed E-state index contributed by atoms with van der Waals surface area (Å²) in [7, 11) is 0. The van der Waals surface area contributed by atoms with Crippen molar-refractivity contribution in [2.75, 3.05) is 39.4 Å². The Labute approximate surface area is 71.9 Å². The normalized spacial score (nSPS) is 38.8. The molecule has 1 N–H and O–H groups in total. The third-order valence-corrected chi connectivity index (χ3v) is 2.60. The lowest BCUT2D eigenvalue weighted by atomic mass is 10.2. The predicted molar refractivity (Wildman–Crippen MR) is 43.9 cm³/mol. The van der Waals surface area contributed by atoms with E-state index in [2.05, 4.69) is 10.2 Å². The quantitative estimate of drug-likeness (QED) is 0.587. The number of hydrogen-bond donors (Lipinski definition) is 1. The van der Waals surface area contributed by atoms with Gasteiger partial charge in [-0.3, -0.25) is 4.90 Å². The van der Waals surface area contributed by atoms with Gasteiger partial charge >= 0.3 is 0 Å². The predicted octanol–water partition coefficient (Wildman–Crippen LogP) is -0.372. The Morgan fingerprint density at radius 1 is 1.25 bits per heavy atom. The number of ether oxygens (including phenoxy) is 1. The van der Waals surface area contributed by atoms with Gasteiger partial charge in [0.15, 0.2) is 0 Å². The molecule has 2 rings (SSSR count). The molecule has 0 spiro atoms. The van der Waals surface area contributed by atoms with Gasteiger partial charge in [-0.2, -0.15) is 0 Å². The highest BCUT2D eigenvalue weighted by molar-refractivity contribution is 4.85. The van der Waals surface area contributed by atoms with Crippen LogP contribution < -0.4 is 5.32 Å². The van der Waals surface area contributed by atoms with Crippen molar-refractivity contribution in [1.82, 2.24) is 10.2 Å². The van der Waals surface area contributed by atoms with E-state index in [0.717, 1.165) is 26.2 Å². The molecule has 2 atom stereocenters. The van der Waals surface area contributed by atoms with Gasteiger partial charge < -0.3 is 10.1 Å². The number of rotatable bonds is 1. The molecule has 0 radical (unpaired) electrons. The van der Waals surface area contributed by atoms with E-state index in [1.165, 1.54) is 0 Å². The molecule has 2 aliphatic heterocycles. The molecule has 0 aromatic carbocycles. The fraction of sp³-hybridized carbons (Fsp3) is 1.00. The summed E-state index contributed by atoms with van der Waals surface area (Å²) in [6.07, 6.45) is -0.775. The molecular weight excluding hydrogens is 159 g/mol. The van der Waals surface area contributed by atoms with E-state index in [9.17, 15) is 4.39 Å². The molecule has 0 aromatic heterocycles. The largest absolute Gasteiger partial charge is 0.377 e. The average molecular weight is 174 g/mol. The standard InChI is InChI=1S/C8H15FN2O/c9-7-5-12-6-8(7)11-3-1-10-2-4-11/h7-8,10H,1-6H2/t7-,8-/m1/s1. The van der Waals surface area contributed by atoms with Crippen LogP contribution in [0.5, 0.6) is 0 Å². The number of alkyl halides is 1. The summed E-state index contributed by atoms with van der Waals surface area (Å²) in [5.74, 6) is 0. The van der Waals surface area contributed by atoms with Gasteiger partial charge in [-0.25, -0.2) is 4.39 Å². The summed E-state index contributed by atoms with van der Waals surface area (Å²) in [5.41, 5.74) is 0. The number of nitrogens with zero attached hydrogens (tertiary/aromatic N) is 1. The van der Waals surface area contributed by atoms with Crippen LogP contribution >= 0.6 is 0 Å². The highest BCUT2D eigenvalue weighted by Gasteiger charge is 2.33. The first-order chi connectivity index (χ1) is 5.88. The molecule has 12 heavy (non-hydrogen) atoms. The second-order valence-electron chi connectivity index (χ2n) is 3.41. The van der Waals surface area contributed by atoms with Crippen molar-refractivity contribution in [2.24, 2.45) is 0 Å². The number of halogens is 1.